The molecule has 0 saturated heterocycles. The number of unbranched alkanes of at least 4 members (excludes halogenated alkanes) is 68. The van der Waals surface area contributed by atoms with E-state index in [1.54, 1.807) is 0 Å². The lowest BCUT2D eigenvalue weighted by Gasteiger charge is -2.22. The van der Waals surface area contributed by atoms with Crippen LogP contribution in [0.25, 0.3) is 0 Å². The molecule has 0 spiro atoms. The summed E-state index contributed by atoms with van der Waals surface area (Å²) in [5, 5.41) is 23.5. The van der Waals surface area contributed by atoms with E-state index in [0.717, 1.165) is 38.5 Å². The highest BCUT2D eigenvalue weighted by molar-refractivity contribution is 5.76. The summed E-state index contributed by atoms with van der Waals surface area (Å²) in [6.07, 6.45) is 103. The van der Waals surface area contributed by atoms with Crippen molar-refractivity contribution in [2.24, 2.45) is 0 Å². The Hall–Kier alpha value is -1.40. The fourth-order valence-electron chi connectivity index (χ4n) is 13.9. The fraction of sp³-hybridized carbons (Fsp3) is 0.953. The van der Waals surface area contributed by atoms with Gasteiger partial charge in [-0.15, -0.1) is 0 Å². The van der Waals surface area contributed by atoms with Crippen LogP contribution < -0.4 is 5.32 Å². The molecule has 91 heavy (non-hydrogen) atoms. The van der Waals surface area contributed by atoms with Crippen molar-refractivity contribution in [3.8, 4) is 0 Å². The second-order valence-electron chi connectivity index (χ2n) is 29.5. The number of nitrogens with one attached hydrogen (secondary N) is 1. The first-order valence-corrected chi connectivity index (χ1v) is 42.4. The molecule has 0 rings (SSSR count). The largest absolute Gasteiger partial charge is 0.466 e. The topological polar surface area (TPSA) is 95.9 Å². The van der Waals surface area contributed by atoms with Crippen LogP contribution in [0.5, 0.6) is 0 Å². The highest BCUT2D eigenvalue weighted by atomic mass is 16.5. The third kappa shape index (κ3) is 77.5. The van der Waals surface area contributed by atoms with E-state index in [1.807, 2.05) is 0 Å². The number of allylic oxidation sites excluding steroid dienone is 2. The summed E-state index contributed by atoms with van der Waals surface area (Å²) in [5.74, 6) is 0.000173. The van der Waals surface area contributed by atoms with Gasteiger partial charge in [0.25, 0.3) is 0 Å². The monoisotopic (exact) mass is 1280 g/mol. The van der Waals surface area contributed by atoms with Gasteiger partial charge in [-0.2, -0.15) is 0 Å². The molecule has 542 valence electrons. The lowest BCUT2D eigenvalue weighted by Crippen LogP contribution is -2.45. The van der Waals surface area contributed by atoms with Crippen LogP contribution in [0.4, 0.5) is 0 Å². The molecule has 0 fully saturated rings. The van der Waals surface area contributed by atoms with Crippen LogP contribution in [0.3, 0.4) is 0 Å². The zero-order valence-electron chi connectivity index (χ0n) is 62.4. The first kappa shape index (κ1) is 89.6. The number of amides is 1. The van der Waals surface area contributed by atoms with Crippen molar-refractivity contribution < 1.29 is 24.5 Å². The minimum atomic E-state index is -0.662. The van der Waals surface area contributed by atoms with Crippen LogP contribution in [0.2, 0.25) is 0 Å². The van der Waals surface area contributed by atoms with E-state index < -0.39 is 12.1 Å². The maximum atomic E-state index is 12.6. The van der Waals surface area contributed by atoms with Crippen LogP contribution in [-0.4, -0.2) is 47.4 Å². The number of carbonyl (C=O) groups is 2. The summed E-state index contributed by atoms with van der Waals surface area (Å²) in [6.45, 7) is 5.02. The van der Waals surface area contributed by atoms with Crippen molar-refractivity contribution in [3.63, 3.8) is 0 Å². The predicted octanol–water partition coefficient (Wildman–Crippen LogP) is 28.2. The van der Waals surface area contributed by atoms with Gasteiger partial charge in [-0.1, -0.05) is 443 Å². The molecule has 0 aromatic heterocycles. The van der Waals surface area contributed by atoms with Gasteiger partial charge < -0.3 is 20.3 Å². The van der Waals surface area contributed by atoms with Crippen LogP contribution in [0, 0.1) is 0 Å². The normalized spacial score (nSPS) is 12.4. The number of rotatable bonds is 81. The van der Waals surface area contributed by atoms with E-state index in [0.29, 0.717) is 25.9 Å². The molecular weight excluding hydrogens is 1110 g/mol. The molecule has 0 aliphatic rings. The Balaban J connectivity index is 3.32. The molecule has 2 atom stereocenters. The molecule has 0 heterocycles. The number of carbonyl (C=O) groups excluding carboxylic acids is 2. The fourth-order valence-corrected chi connectivity index (χ4v) is 13.9. The number of hydrogen-bond acceptors (Lipinski definition) is 5. The lowest BCUT2D eigenvalue weighted by molar-refractivity contribution is -0.143. The maximum Gasteiger partial charge on any atom is 0.305 e. The van der Waals surface area contributed by atoms with Crippen molar-refractivity contribution in [2.75, 3.05) is 13.2 Å². The van der Waals surface area contributed by atoms with Crippen molar-refractivity contribution in [3.05, 3.63) is 12.2 Å². The van der Waals surface area contributed by atoms with Gasteiger partial charge in [0.05, 0.1) is 25.4 Å². The van der Waals surface area contributed by atoms with E-state index in [9.17, 15) is 19.8 Å². The summed E-state index contributed by atoms with van der Waals surface area (Å²) in [6, 6.07) is -0.539. The van der Waals surface area contributed by atoms with E-state index in [1.165, 1.54) is 424 Å². The molecule has 0 bridgehead atoms. The molecule has 0 radical (unpaired) electrons. The second kappa shape index (κ2) is 81.0. The molecule has 0 aromatic carbocycles. The van der Waals surface area contributed by atoms with E-state index in [2.05, 4.69) is 31.3 Å². The molecule has 0 aliphatic carbocycles. The standard InChI is InChI=1S/C85H167NO5/c1-3-5-7-9-11-13-15-17-18-19-20-21-39-42-45-48-51-54-57-61-65-69-73-77-83(88)82(81-87)86-84(89)78-74-70-66-62-58-55-52-49-46-43-40-37-35-33-31-29-27-25-23-22-24-26-28-30-32-34-36-38-41-44-47-50-53-56-60-64-68-72-76-80-91-85(90)79-75-71-67-63-59-16-14-12-10-8-6-4-2/h22-23,82-83,87-88H,3-21,24-81H2,1-2H3,(H,86,89)/b23-22-. The Morgan fingerprint density at radius 2 is 0.516 bits per heavy atom. The smallest absolute Gasteiger partial charge is 0.305 e. The number of ether oxygens (including phenoxy) is 1. The quantitative estimate of drug-likeness (QED) is 0.0320. The molecule has 6 heteroatoms. The first-order valence-electron chi connectivity index (χ1n) is 42.4. The van der Waals surface area contributed by atoms with Gasteiger partial charge >= 0.3 is 5.97 Å². The summed E-state index contributed by atoms with van der Waals surface area (Å²) < 4.78 is 5.49. The van der Waals surface area contributed by atoms with Crippen LogP contribution in [0.1, 0.15) is 495 Å². The van der Waals surface area contributed by atoms with Gasteiger partial charge in [-0.05, 0) is 51.4 Å². The van der Waals surface area contributed by atoms with Gasteiger partial charge in [-0.25, -0.2) is 0 Å². The highest BCUT2D eigenvalue weighted by Crippen LogP contribution is 2.21. The van der Waals surface area contributed by atoms with Gasteiger partial charge in [0.15, 0.2) is 0 Å². The maximum absolute atomic E-state index is 12.6. The molecular formula is C85H167NO5. The molecule has 0 aromatic rings. The van der Waals surface area contributed by atoms with Gasteiger partial charge in [0.1, 0.15) is 0 Å². The highest BCUT2D eigenvalue weighted by Gasteiger charge is 2.20. The van der Waals surface area contributed by atoms with Gasteiger partial charge in [0.2, 0.25) is 5.91 Å². The summed E-state index contributed by atoms with van der Waals surface area (Å²) in [5.41, 5.74) is 0. The Labute approximate surface area is 571 Å². The minimum absolute atomic E-state index is 0.0242. The summed E-state index contributed by atoms with van der Waals surface area (Å²) in [7, 11) is 0. The zero-order chi connectivity index (χ0) is 65.6. The van der Waals surface area contributed by atoms with Crippen LogP contribution >= 0.6 is 0 Å². The lowest BCUT2D eigenvalue weighted by atomic mass is 10.0. The van der Waals surface area contributed by atoms with Crippen LogP contribution in [0.15, 0.2) is 12.2 Å². The zero-order valence-corrected chi connectivity index (χ0v) is 62.4. The summed E-state index contributed by atoms with van der Waals surface area (Å²) in [4.78, 5) is 24.6. The van der Waals surface area contributed by atoms with Crippen molar-refractivity contribution in [1.82, 2.24) is 5.32 Å². The number of esters is 1. The molecule has 3 N–H and O–H groups in total. The molecule has 6 nitrogen and oxygen atoms in total. The van der Waals surface area contributed by atoms with Crippen LogP contribution in [-0.2, 0) is 14.3 Å². The Morgan fingerprint density at radius 3 is 0.780 bits per heavy atom. The number of hydrogen-bond donors (Lipinski definition) is 3. The average molecular weight is 1280 g/mol. The molecule has 2 unspecified atom stereocenters. The molecule has 1 amide bonds. The Bertz CT molecular complexity index is 1380. The Morgan fingerprint density at radius 1 is 0.297 bits per heavy atom. The van der Waals surface area contributed by atoms with E-state index in [4.69, 9.17) is 4.74 Å². The van der Waals surface area contributed by atoms with E-state index >= 15 is 0 Å². The SMILES string of the molecule is CCCCCCCCCCCCCCCCCCCCCCCCCC(O)C(CO)NC(=O)CCCCCCCCCCCCCCCCCCC/C=C\CCCCCCCCCCCCCCCCCCCCOC(=O)CCCCCCCCCCCCCC. The first-order chi connectivity index (χ1) is 45.0. The minimum Gasteiger partial charge on any atom is -0.466 e. The summed E-state index contributed by atoms with van der Waals surface area (Å²) >= 11 is 0. The van der Waals surface area contributed by atoms with Gasteiger partial charge in [-0.3, -0.25) is 9.59 Å². The van der Waals surface area contributed by atoms with Crippen molar-refractivity contribution in [1.29, 1.82) is 0 Å². The Kier molecular flexibility index (Phi) is 79.8. The second-order valence-corrected chi connectivity index (χ2v) is 29.5. The van der Waals surface area contributed by atoms with Gasteiger partial charge in [0, 0.05) is 12.8 Å². The third-order valence-corrected chi connectivity index (χ3v) is 20.3. The average Bonchev–Trinajstić information content (AvgIpc) is 3.74. The molecule has 0 saturated carbocycles. The third-order valence-electron chi connectivity index (χ3n) is 20.3. The molecule has 0 aliphatic heterocycles. The van der Waals surface area contributed by atoms with Crippen molar-refractivity contribution >= 4 is 11.9 Å². The van der Waals surface area contributed by atoms with E-state index in [-0.39, 0.29) is 18.5 Å². The predicted molar refractivity (Wildman–Crippen MR) is 403 cm³/mol. The van der Waals surface area contributed by atoms with Crippen molar-refractivity contribution in [2.45, 2.75) is 508 Å². The number of aliphatic hydroxyl groups is 2. The number of aliphatic hydroxyl groups excluding tert-OH is 2.